The molecule has 2 aliphatic rings. The van der Waals surface area contributed by atoms with E-state index >= 15 is 0 Å². The van der Waals surface area contributed by atoms with Crippen LogP contribution in [0.3, 0.4) is 0 Å². The second kappa shape index (κ2) is 9.67. The standard InChI is InChI=1S/C28H30N4O3S/c1-3-35-27(33)24-13-18(2)32(30-24)17-23-15-22(21-6-4-5-20(14-21)19-7-8-19)16-25-26(23)29-28(36-25)31-9-11-34-12-10-31/h4-6,13-16,19H,3,7-12,17H2,1-2H3. The number of carbonyl (C=O) groups excluding carboxylic acids is 1. The summed E-state index contributed by atoms with van der Waals surface area (Å²) < 4.78 is 13.7. The largest absolute Gasteiger partial charge is 0.461 e. The summed E-state index contributed by atoms with van der Waals surface area (Å²) in [5, 5.41) is 5.60. The molecule has 2 fully saturated rings. The van der Waals surface area contributed by atoms with E-state index < -0.39 is 5.97 Å². The second-order valence-electron chi connectivity index (χ2n) is 9.53. The molecule has 6 rings (SSSR count). The van der Waals surface area contributed by atoms with Crippen molar-refractivity contribution >= 4 is 32.7 Å². The summed E-state index contributed by atoms with van der Waals surface area (Å²) in [6.07, 6.45) is 2.57. The minimum Gasteiger partial charge on any atom is -0.461 e. The number of carbonyl (C=O) groups is 1. The third-order valence-corrected chi connectivity index (χ3v) is 7.96. The van der Waals surface area contributed by atoms with Crippen molar-refractivity contribution in [1.82, 2.24) is 14.8 Å². The van der Waals surface area contributed by atoms with Gasteiger partial charge < -0.3 is 14.4 Å². The van der Waals surface area contributed by atoms with Crippen molar-refractivity contribution in [3.8, 4) is 11.1 Å². The highest BCUT2D eigenvalue weighted by molar-refractivity contribution is 7.22. The Labute approximate surface area is 214 Å². The summed E-state index contributed by atoms with van der Waals surface area (Å²) in [7, 11) is 0. The van der Waals surface area contributed by atoms with Gasteiger partial charge in [0.25, 0.3) is 0 Å². The third-order valence-electron chi connectivity index (χ3n) is 6.90. The number of fused-ring (bicyclic) bond motifs is 1. The van der Waals surface area contributed by atoms with Crippen LogP contribution < -0.4 is 4.90 Å². The van der Waals surface area contributed by atoms with Crippen molar-refractivity contribution in [1.29, 1.82) is 0 Å². The van der Waals surface area contributed by atoms with Crippen molar-refractivity contribution in [3.63, 3.8) is 0 Å². The van der Waals surface area contributed by atoms with Gasteiger partial charge in [-0.25, -0.2) is 9.78 Å². The summed E-state index contributed by atoms with van der Waals surface area (Å²) in [6.45, 7) is 7.79. The fourth-order valence-corrected chi connectivity index (χ4v) is 5.89. The molecule has 0 bridgehead atoms. The minimum absolute atomic E-state index is 0.330. The molecular formula is C28H30N4O3S. The zero-order chi connectivity index (χ0) is 24.6. The van der Waals surface area contributed by atoms with Crippen LogP contribution in [0.1, 0.15) is 53.0 Å². The Morgan fingerprint density at radius 1 is 1.14 bits per heavy atom. The van der Waals surface area contributed by atoms with Crippen LogP contribution in [0.5, 0.6) is 0 Å². The first kappa shape index (κ1) is 23.2. The van der Waals surface area contributed by atoms with E-state index in [0.29, 0.717) is 24.8 Å². The van der Waals surface area contributed by atoms with Gasteiger partial charge in [-0.15, -0.1) is 0 Å². The minimum atomic E-state index is -0.390. The molecule has 3 heterocycles. The molecule has 0 N–H and O–H groups in total. The van der Waals surface area contributed by atoms with Gasteiger partial charge in [0.2, 0.25) is 0 Å². The Morgan fingerprint density at radius 2 is 1.97 bits per heavy atom. The number of aromatic nitrogens is 3. The van der Waals surface area contributed by atoms with E-state index in [1.54, 1.807) is 24.3 Å². The quantitative estimate of drug-likeness (QED) is 0.315. The van der Waals surface area contributed by atoms with Gasteiger partial charge in [0.1, 0.15) is 0 Å². The molecule has 8 heteroatoms. The van der Waals surface area contributed by atoms with Gasteiger partial charge in [-0.05, 0) is 67.5 Å². The van der Waals surface area contributed by atoms with Gasteiger partial charge >= 0.3 is 5.97 Å². The number of thiazole rings is 1. The topological polar surface area (TPSA) is 69.5 Å². The van der Waals surface area contributed by atoms with Crippen molar-refractivity contribution < 1.29 is 14.3 Å². The highest BCUT2D eigenvalue weighted by Crippen LogP contribution is 2.42. The number of hydrogen-bond donors (Lipinski definition) is 0. The zero-order valence-corrected chi connectivity index (χ0v) is 21.5. The molecule has 0 atom stereocenters. The number of rotatable bonds is 7. The van der Waals surface area contributed by atoms with Crippen LogP contribution in [0.4, 0.5) is 5.13 Å². The van der Waals surface area contributed by atoms with E-state index in [1.165, 1.54) is 29.5 Å². The monoisotopic (exact) mass is 502 g/mol. The molecule has 7 nitrogen and oxygen atoms in total. The fourth-order valence-electron chi connectivity index (χ4n) is 4.79. The van der Waals surface area contributed by atoms with Crippen LogP contribution in [0.2, 0.25) is 0 Å². The molecular weight excluding hydrogens is 472 g/mol. The van der Waals surface area contributed by atoms with Crippen molar-refractivity contribution in [2.45, 2.75) is 39.2 Å². The van der Waals surface area contributed by atoms with E-state index in [9.17, 15) is 4.79 Å². The Hall–Kier alpha value is -3.23. The predicted molar refractivity (Wildman–Crippen MR) is 142 cm³/mol. The number of anilines is 1. The molecule has 4 aromatic rings. The number of benzene rings is 2. The van der Waals surface area contributed by atoms with Crippen LogP contribution in [0, 0.1) is 6.92 Å². The molecule has 0 spiro atoms. The van der Waals surface area contributed by atoms with Crippen LogP contribution in [0.25, 0.3) is 21.3 Å². The lowest BCUT2D eigenvalue weighted by Crippen LogP contribution is -2.36. The molecule has 1 saturated carbocycles. The molecule has 1 aliphatic carbocycles. The first-order valence-corrected chi connectivity index (χ1v) is 13.5. The SMILES string of the molecule is CCOC(=O)c1cc(C)n(Cc2cc(-c3cccc(C4CC4)c3)cc3sc(N4CCOCC4)nc23)n1. The Balaban J connectivity index is 1.42. The summed E-state index contributed by atoms with van der Waals surface area (Å²) in [6, 6.07) is 15.2. The number of esters is 1. The van der Waals surface area contributed by atoms with Crippen LogP contribution in [-0.4, -0.2) is 53.6 Å². The molecule has 186 valence electrons. The van der Waals surface area contributed by atoms with Gasteiger partial charge in [-0.2, -0.15) is 5.10 Å². The Bertz CT molecular complexity index is 1420. The van der Waals surface area contributed by atoms with E-state index in [2.05, 4.69) is 46.4 Å². The lowest BCUT2D eigenvalue weighted by atomic mass is 9.99. The van der Waals surface area contributed by atoms with Crippen molar-refractivity contribution in [2.24, 2.45) is 0 Å². The summed E-state index contributed by atoms with van der Waals surface area (Å²) in [4.78, 5) is 19.6. The number of nitrogens with zero attached hydrogens (tertiary/aromatic N) is 4. The van der Waals surface area contributed by atoms with Gasteiger partial charge in [0.05, 0.1) is 36.6 Å². The van der Waals surface area contributed by atoms with Crippen LogP contribution in [0.15, 0.2) is 42.5 Å². The van der Waals surface area contributed by atoms with E-state index in [4.69, 9.17) is 14.5 Å². The molecule has 0 radical (unpaired) electrons. The van der Waals surface area contributed by atoms with E-state index in [0.717, 1.165) is 52.9 Å². The van der Waals surface area contributed by atoms with E-state index in [-0.39, 0.29) is 0 Å². The zero-order valence-electron chi connectivity index (χ0n) is 20.7. The molecule has 1 saturated heterocycles. The second-order valence-corrected chi connectivity index (χ2v) is 10.5. The average molecular weight is 503 g/mol. The predicted octanol–water partition coefficient (Wildman–Crippen LogP) is 5.41. The highest BCUT2D eigenvalue weighted by atomic mass is 32.1. The summed E-state index contributed by atoms with van der Waals surface area (Å²) >= 11 is 1.74. The number of ether oxygens (including phenoxy) is 2. The highest BCUT2D eigenvalue weighted by Gasteiger charge is 2.24. The molecule has 2 aromatic carbocycles. The lowest BCUT2D eigenvalue weighted by Gasteiger charge is -2.25. The van der Waals surface area contributed by atoms with Gasteiger partial charge in [-0.3, -0.25) is 4.68 Å². The number of hydrogen-bond acceptors (Lipinski definition) is 7. The van der Waals surface area contributed by atoms with Gasteiger partial charge in [0.15, 0.2) is 10.8 Å². The molecule has 0 unspecified atom stereocenters. The fraction of sp³-hybridized carbons (Fsp3) is 0.393. The maximum Gasteiger partial charge on any atom is 0.358 e. The van der Waals surface area contributed by atoms with Crippen LogP contribution >= 0.6 is 11.3 Å². The van der Waals surface area contributed by atoms with Crippen molar-refractivity contribution in [2.75, 3.05) is 37.8 Å². The van der Waals surface area contributed by atoms with Crippen molar-refractivity contribution in [3.05, 3.63) is 65.0 Å². The Kier molecular flexibility index (Phi) is 6.23. The normalized spacial score (nSPS) is 16.0. The van der Waals surface area contributed by atoms with E-state index in [1.807, 2.05) is 11.6 Å². The summed E-state index contributed by atoms with van der Waals surface area (Å²) in [5.74, 6) is 0.316. The van der Waals surface area contributed by atoms with Gasteiger partial charge in [-0.1, -0.05) is 35.6 Å². The maximum absolute atomic E-state index is 12.3. The third kappa shape index (κ3) is 4.63. The average Bonchev–Trinajstić information content (AvgIpc) is 3.56. The molecule has 1 aliphatic heterocycles. The smallest absolute Gasteiger partial charge is 0.358 e. The number of morpholine rings is 1. The Morgan fingerprint density at radius 3 is 2.75 bits per heavy atom. The molecule has 0 amide bonds. The first-order chi connectivity index (χ1) is 17.6. The summed E-state index contributed by atoms with van der Waals surface area (Å²) in [5.41, 5.74) is 7.19. The number of aryl methyl sites for hydroxylation is 1. The molecule has 2 aromatic heterocycles. The molecule has 36 heavy (non-hydrogen) atoms. The maximum atomic E-state index is 12.3. The lowest BCUT2D eigenvalue weighted by molar-refractivity contribution is 0.0518. The van der Waals surface area contributed by atoms with Crippen LogP contribution in [-0.2, 0) is 16.0 Å². The first-order valence-electron chi connectivity index (χ1n) is 12.7. The van der Waals surface area contributed by atoms with Gasteiger partial charge in [0, 0.05) is 24.3 Å².